The van der Waals surface area contributed by atoms with Gasteiger partial charge in [-0.2, -0.15) is 0 Å². The van der Waals surface area contributed by atoms with E-state index in [1.54, 1.807) is 0 Å². The molecule has 2 rings (SSSR count). The summed E-state index contributed by atoms with van der Waals surface area (Å²) in [4.78, 5) is 16.5. The lowest BCUT2D eigenvalue weighted by Crippen LogP contribution is -2.44. The van der Waals surface area contributed by atoms with Crippen molar-refractivity contribution < 1.29 is 14.3 Å². The minimum Gasteiger partial charge on any atom is -0.494 e. The van der Waals surface area contributed by atoms with E-state index in [-0.39, 0.29) is 6.09 Å². The van der Waals surface area contributed by atoms with Crippen molar-refractivity contribution >= 4 is 6.09 Å². The van der Waals surface area contributed by atoms with Gasteiger partial charge >= 0.3 is 6.09 Å². The summed E-state index contributed by atoms with van der Waals surface area (Å²) in [5.74, 6) is 0.900. The zero-order chi connectivity index (χ0) is 19.7. The molecular weight excluding hydrogens is 342 g/mol. The van der Waals surface area contributed by atoms with E-state index in [1.165, 1.54) is 0 Å². The maximum Gasteiger partial charge on any atom is 0.407 e. The molecule has 6 heteroatoms. The largest absolute Gasteiger partial charge is 0.494 e. The second kappa shape index (κ2) is 10.5. The first-order chi connectivity index (χ1) is 12.8. The number of nitrogens with zero attached hydrogens (tertiary/aromatic N) is 2. The molecule has 1 aromatic carbocycles. The van der Waals surface area contributed by atoms with Crippen molar-refractivity contribution in [2.24, 2.45) is 0 Å². The van der Waals surface area contributed by atoms with Crippen LogP contribution in [-0.4, -0.2) is 74.4 Å². The summed E-state index contributed by atoms with van der Waals surface area (Å²) < 4.78 is 11.1. The second-order valence-corrected chi connectivity index (χ2v) is 8.17. The van der Waals surface area contributed by atoms with E-state index in [2.05, 4.69) is 22.2 Å². The third-order valence-corrected chi connectivity index (χ3v) is 4.49. The Hall–Kier alpha value is -1.79. The number of hydrogen-bond donors (Lipinski definition) is 1. The fourth-order valence-electron chi connectivity index (χ4n) is 2.93. The summed E-state index contributed by atoms with van der Waals surface area (Å²) in [5.41, 5.74) is 0.698. The lowest BCUT2D eigenvalue weighted by atomic mass is 10.1. The third kappa shape index (κ3) is 9.11. The van der Waals surface area contributed by atoms with Crippen LogP contribution in [0.1, 0.15) is 32.8 Å². The highest BCUT2D eigenvalue weighted by atomic mass is 16.6. The predicted molar refractivity (Wildman–Crippen MR) is 108 cm³/mol. The number of carbonyl (C=O) groups is 1. The fraction of sp³-hybridized carbons (Fsp3) is 0.667. The van der Waals surface area contributed by atoms with Gasteiger partial charge in [0.25, 0.3) is 0 Å². The van der Waals surface area contributed by atoms with Gasteiger partial charge < -0.3 is 24.6 Å². The first-order valence-corrected chi connectivity index (χ1v) is 9.91. The Morgan fingerprint density at radius 2 is 1.78 bits per heavy atom. The van der Waals surface area contributed by atoms with E-state index < -0.39 is 5.60 Å². The average molecular weight is 378 g/mol. The number of piperazine rings is 1. The van der Waals surface area contributed by atoms with Crippen LogP contribution < -0.4 is 10.1 Å². The summed E-state index contributed by atoms with van der Waals surface area (Å²) in [6.45, 7) is 12.6. The molecule has 0 aromatic heterocycles. The minimum atomic E-state index is -0.465. The SMILES string of the molecule is CN1CCN(CCCOc2ccc(CCNC(=O)OC(C)(C)C)cc2)CC1. The van der Waals surface area contributed by atoms with Crippen molar-refractivity contribution in [3.05, 3.63) is 29.8 Å². The van der Waals surface area contributed by atoms with Gasteiger partial charge in [-0.25, -0.2) is 4.79 Å². The number of nitrogens with one attached hydrogen (secondary N) is 1. The normalized spacial score (nSPS) is 16.1. The van der Waals surface area contributed by atoms with E-state index in [1.807, 2.05) is 45.0 Å². The number of likely N-dealkylation sites (N-methyl/N-ethyl adjacent to an activating group) is 1. The molecule has 0 atom stereocenters. The van der Waals surface area contributed by atoms with E-state index in [0.717, 1.165) is 63.5 Å². The molecule has 1 amide bonds. The van der Waals surface area contributed by atoms with Crippen molar-refractivity contribution in [1.29, 1.82) is 0 Å². The van der Waals surface area contributed by atoms with E-state index >= 15 is 0 Å². The molecule has 27 heavy (non-hydrogen) atoms. The number of hydrogen-bond acceptors (Lipinski definition) is 5. The average Bonchev–Trinajstić information content (AvgIpc) is 2.60. The molecule has 6 nitrogen and oxygen atoms in total. The molecule has 1 saturated heterocycles. The maximum absolute atomic E-state index is 11.6. The van der Waals surface area contributed by atoms with Crippen LogP contribution in [0.5, 0.6) is 5.75 Å². The van der Waals surface area contributed by atoms with Gasteiger partial charge in [0.2, 0.25) is 0 Å². The van der Waals surface area contributed by atoms with Crippen LogP contribution in [-0.2, 0) is 11.2 Å². The molecule has 0 spiro atoms. The molecule has 0 bridgehead atoms. The van der Waals surface area contributed by atoms with Crippen molar-refractivity contribution in [2.45, 2.75) is 39.2 Å². The van der Waals surface area contributed by atoms with Gasteiger partial charge in [-0.3, -0.25) is 0 Å². The summed E-state index contributed by atoms with van der Waals surface area (Å²) in [6.07, 6.45) is 1.44. The molecule has 1 aromatic rings. The van der Waals surface area contributed by atoms with Gasteiger partial charge in [0.1, 0.15) is 11.4 Å². The van der Waals surface area contributed by atoms with Crippen molar-refractivity contribution in [2.75, 3.05) is 52.9 Å². The molecular formula is C21H35N3O3. The van der Waals surface area contributed by atoms with Gasteiger partial charge in [0.05, 0.1) is 6.61 Å². The lowest BCUT2D eigenvalue weighted by Gasteiger charge is -2.32. The quantitative estimate of drug-likeness (QED) is 0.706. The number of carbonyl (C=O) groups excluding carboxylic acids is 1. The molecule has 0 aliphatic carbocycles. The van der Waals surface area contributed by atoms with Crippen LogP contribution in [0.4, 0.5) is 4.79 Å². The van der Waals surface area contributed by atoms with Crippen molar-refractivity contribution in [3.8, 4) is 5.75 Å². The number of benzene rings is 1. The van der Waals surface area contributed by atoms with Crippen LogP contribution in [0, 0.1) is 0 Å². The fourth-order valence-corrected chi connectivity index (χ4v) is 2.93. The van der Waals surface area contributed by atoms with Crippen LogP contribution in [0.3, 0.4) is 0 Å². The van der Waals surface area contributed by atoms with Crippen LogP contribution in [0.25, 0.3) is 0 Å². The minimum absolute atomic E-state index is 0.372. The number of alkyl carbamates (subject to hydrolysis) is 1. The summed E-state index contributed by atoms with van der Waals surface area (Å²) in [5, 5.41) is 2.78. The molecule has 1 aliphatic rings. The molecule has 1 heterocycles. The Labute approximate surface area is 163 Å². The summed E-state index contributed by atoms with van der Waals surface area (Å²) in [6, 6.07) is 8.09. The third-order valence-electron chi connectivity index (χ3n) is 4.49. The summed E-state index contributed by atoms with van der Waals surface area (Å²) >= 11 is 0. The van der Waals surface area contributed by atoms with Crippen molar-refractivity contribution in [1.82, 2.24) is 15.1 Å². The topological polar surface area (TPSA) is 54.0 Å². The first-order valence-electron chi connectivity index (χ1n) is 9.91. The highest BCUT2D eigenvalue weighted by Gasteiger charge is 2.15. The number of amides is 1. The van der Waals surface area contributed by atoms with Gasteiger partial charge in [-0.05, 0) is 58.4 Å². The van der Waals surface area contributed by atoms with Crippen LogP contribution in [0.2, 0.25) is 0 Å². The molecule has 0 radical (unpaired) electrons. The molecule has 1 fully saturated rings. The predicted octanol–water partition coefficient (Wildman–Crippen LogP) is 2.77. The Kier molecular flexibility index (Phi) is 8.38. The van der Waals surface area contributed by atoms with Gasteiger partial charge in [0, 0.05) is 39.3 Å². The molecule has 1 aliphatic heterocycles. The monoisotopic (exact) mass is 377 g/mol. The Morgan fingerprint density at radius 3 is 2.41 bits per heavy atom. The zero-order valence-electron chi connectivity index (χ0n) is 17.3. The first kappa shape index (κ1) is 21.5. The molecule has 0 saturated carbocycles. The summed E-state index contributed by atoms with van der Waals surface area (Å²) in [7, 11) is 2.18. The Balaban J connectivity index is 1.58. The Morgan fingerprint density at radius 1 is 1.11 bits per heavy atom. The highest BCUT2D eigenvalue weighted by molar-refractivity contribution is 5.67. The van der Waals surface area contributed by atoms with Gasteiger partial charge in [-0.1, -0.05) is 12.1 Å². The maximum atomic E-state index is 11.6. The number of ether oxygens (including phenoxy) is 2. The molecule has 1 N–H and O–H groups in total. The van der Waals surface area contributed by atoms with Crippen molar-refractivity contribution in [3.63, 3.8) is 0 Å². The van der Waals surface area contributed by atoms with Crippen LogP contribution >= 0.6 is 0 Å². The standard InChI is InChI=1S/C21H35N3O3/c1-21(2,3)27-20(25)22-11-10-18-6-8-19(9-7-18)26-17-5-12-24-15-13-23(4)14-16-24/h6-9H,5,10-17H2,1-4H3,(H,22,25). The number of rotatable bonds is 8. The molecule has 0 unspecified atom stereocenters. The van der Waals surface area contributed by atoms with Crippen LogP contribution in [0.15, 0.2) is 24.3 Å². The van der Waals surface area contributed by atoms with E-state index in [9.17, 15) is 4.79 Å². The Bertz CT molecular complexity index is 561. The van der Waals surface area contributed by atoms with Gasteiger partial charge in [-0.15, -0.1) is 0 Å². The lowest BCUT2D eigenvalue weighted by molar-refractivity contribution is 0.0528. The smallest absolute Gasteiger partial charge is 0.407 e. The van der Waals surface area contributed by atoms with Gasteiger partial charge in [0.15, 0.2) is 0 Å². The second-order valence-electron chi connectivity index (χ2n) is 8.17. The highest BCUT2D eigenvalue weighted by Crippen LogP contribution is 2.13. The zero-order valence-corrected chi connectivity index (χ0v) is 17.3. The van der Waals surface area contributed by atoms with E-state index in [4.69, 9.17) is 9.47 Å². The molecule has 152 valence electrons. The van der Waals surface area contributed by atoms with E-state index in [0.29, 0.717) is 6.54 Å².